The molecule has 0 saturated carbocycles. The van der Waals surface area contributed by atoms with Gasteiger partial charge >= 0.3 is 0 Å². The number of hydrogen-bond acceptors (Lipinski definition) is 3. The number of aromatic nitrogens is 1. The van der Waals surface area contributed by atoms with E-state index < -0.39 is 0 Å². The quantitative estimate of drug-likeness (QED) is 0.690. The summed E-state index contributed by atoms with van der Waals surface area (Å²) in [6, 6.07) is 4.06. The predicted molar refractivity (Wildman–Crippen MR) is 80.5 cm³/mol. The number of rotatable bonds is 9. The Bertz CT molecular complexity index is 364. The number of nitrogens with zero attached hydrogens (tertiary/aromatic N) is 1. The van der Waals surface area contributed by atoms with Gasteiger partial charge in [-0.25, -0.2) is 0 Å². The average Bonchev–Trinajstić information content (AvgIpc) is 2.36. The number of ether oxygens (including phenoxy) is 1. The largest absolute Gasteiger partial charge is 0.492 e. The van der Waals surface area contributed by atoms with Crippen LogP contribution in [0.25, 0.3) is 0 Å². The Kier molecular flexibility index (Phi) is 7.49. The van der Waals surface area contributed by atoms with Crippen molar-refractivity contribution in [2.75, 3.05) is 13.2 Å². The molecule has 0 aromatic carbocycles. The van der Waals surface area contributed by atoms with E-state index in [0.29, 0.717) is 0 Å². The molecule has 0 aliphatic rings. The highest BCUT2D eigenvalue weighted by Gasteiger charge is 2.06. The summed E-state index contributed by atoms with van der Waals surface area (Å²) in [4.78, 5) is 4.57. The van der Waals surface area contributed by atoms with Crippen LogP contribution >= 0.6 is 0 Å². The maximum absolute atomic E-state index is 5.87. The normalized spacial score (nSPS) is 11.0. The van der Waals surface area contributed by atoms with Gasteiger partial charge in [-0.15, -0.1) is 0 Å². The molecule has 0 aliphatic heterocycles. The SMILES string of the molecule is CCCNCc1nc(C)ccc1OCCCC(C)C. The highest BCUT2D eigenvalue weighted by atomic mass is 16.5. The van der Waals surface area contributed by atoms with Crippen LogP contribution in [0, 0.1) is 12.8 Å². The summed E-state index contributed by atoms with van der Waals surface area (Å²) in [6.45, 7) is 11.3. The van der Waals surface area contributed by atoms with Crippen molar-refractivity contribution >= 4 is 0 Å². The van der Waals surface area contributed by atoms with Crippen LogP contribution in [0.5, 0.6) is 5.75 Å². The molecule has 1 aromatic heterocycles. The van der Waals surface area contributed by atoms with Crippen molar-refractivity contribution in [3.05, 3.63) is 23.5 Å². The summed E-state index contributed by atoms with van der Waals surface area (Å²) >= 11 is 0. The Balaban J connectivity index is 2.50. The van der Waals surface area contributed by atoms with Gasteiger partial charge in [-0.2, -0.15) is 0 Å². The molecule has 0 unspecified atom stereocenters. The van der Waals surface area contributed by atoms with E-state index in [2.05, 4.69) is 31.1 Å². The van der Waals surface area contributed by atoms with Gasteiger partial charge < -0.3 is 10.1 Å². The lowest BCUT2D eigenvalue weighted by Crippen LogP contribution is -2.16. The van der Waals surface area contributed by atoms with Crippen LogP contribution in [0.2, 0.25) is 0 Å². The van der Waals surface area contributed by atoms with E-state index in [4.69, 9.17) is 4.74 Å². The second kappa shape index (κ2) is 8.92. The lowest BCUT2D eigenvalue weighted by atomic mass is 10.1. The van der Waals surface area contributed by atoms with E-state index in [1.807, 2.05) is 19.1 Å². The maximum Gasteiger partial charge on any atom is 0.142 e. The lowest BCUT2D eigenvalue weighted by Gasteiger charge is -2.12. The fraction of sp³-hybridized carbons (Fsp3) is 0.688. The first-order chi connectivity index (χ1) is 9.13. The van der Waals surface area contributed by atoms with Crippen LogP contribution in [0.4, 0.5) is 0 Å². The van der Waals surface area contributed by atoms with Gasteiger partial charge in [0.05, 0.1) is 12.3 Å². The Morgan fingerprint density at radius 3 is 2.79 bits per heavy atom. The second-order valence-corrected chi connectivity index (χ2v) is 5.46. The zero-order valence-corrected chi connectivity index (χ0v) is 12.8. The topological polar surface area (TPSA) is 34.2 Å². The fourth-order valence-corrected chi connectivity index (χ4v) is 1.91. The molecule has 0 aliphatic carbocycles. The molecule has 0 spiro atoms. The van der Waals surface area contributed by atoms with Gasteiger partial charge in [-0.05, 0) is 50.8 Å². The predicted octanol–water partition coefficient (Wildman–Crippen LogP) is 3.70. The van der Waals surface area contributed by atoms with Gasteiger partial charge in [0, 0.05) is 12.2 Å². The number of hydrogen-bond donors (Lipinski definition) is 1. The van der Waals surface area contributed by atoms with Gasteiger partial charge in [0.15, 0.2) is 0 Å². The molecule has 3 nitrogen and oxygen atoms in total. The molecule has 0 saturated heterocycles. The monoisotopic (exact) mass is 264 g/mol. The minimum atomic E-state index is 0.741. The summed E-state index contributed by atoms with van der Waals surface area (Å²) in [5.74, 6) is 1.67. The van der Waals surface area contributed by atoms with Crippen LogP contribution in [0.3, 0.4) is 0 Å². The molecule has 1 N–H and O–H groups in total. The molecular formula is C16H28N2O. The minimum Gasteiger partial charge on any atom is -0.492 e. The third kappa shape index (κ3) is 6.58. The molecule has 0 amide bonds. The highest BCUT2D eigenvalue weighted by Crippen LogP contribution is 2.17. The molecule has 0 atom stereocenters. The molecule has 0 fully saturated rings. The van der Waals surface area contributed by atoms with E-state index >= 15 is 0 Å². The molecule has 108 valence electrons. The Morgan fingerprint density at radius 2 is 2.11 bits per heavy atom. The van der Waals surface area contributed by atoms with Crippen LogP contribution < -0.4 is 10.1 Å². The van der Waals surface area contributed by atoms with Gasteiger partial charge in [0.1, 0.15) is 5.75 Å². The average molecular weight is 264 g/mol. The third-order valence-electron chi connectivity index (χ3n) is 2.97. The summed E-state index contributed by atoms with van der Waals surface area (Å²) in [6.07, 6.45) is 3.45. The Morgan fingerprint density at radius 1 is 1.32 bits per heavy atom. The van der Waals surface area contributed by atoms with Crippen molar-refractivity contribution < 1.29 is 4.74 Å². The summed E-state index contributed by atoms with van der Waals surface area (Å²) in [7, 11) is 0. The lowest BCUT2D eigenvalue weighted by molar-refractivity contribution is 0.292. The van der Waals surface area contributed by atoms with Crippen molar-refractivity contribution in [2.45, 2.75) is 53.5 Å². The highest BCUT2D eigenvalue weighted by molar-refractivity contribution is 5.29. The van der Waals surface area contributed by atoms with Crippen molar-refractivity contribution in [3.63, 3.8) is 0 Å². The number of aryl methyl sites for hydroxylation is 1. The van der Waals surface area contributed by atoms with Crippen LogP contribution in [-0.4, -0.2) is 18.1 Å². The zero-order valence-electron chi connectivity index (χ0n) is 12.8. The molecule has 3 heteroatoms. The van der Waals surface area contributed by atoms with Crippen molar-refractivity contribution in [1.29, 1.82) is 0 Å². The smallest absolute Gasteiger partial charge is 0.142 e. The standard InChI is InChI=1S/C16H28N2O/c1-5-10-17-12-15-16(9-8-14(4)18-15)19-11-6-7-13(2)3/h8-9,13,17H,5-7,10-12H2,1-4H3. The van der Waals surface area contributed by atoms with Crippen molar-refractivity contribution in [3.8, 4) is 5.75 Å². The maximum atomic E-state index is 5.87. The molecular weight excluding hydrogens is 236 g/mol. The number of pyridine rings is 1. The van der Waals surface area contributed by atoms with E-state index in [-0.39, 0.29) is 0 Å². The van der Waals surface area contributed by atoms with Gasteiger partial charge in [-0.1, -0.05) is 20.8 Å². The van der Waals surface area contributed by atoms with E-state index in [1.54, 1.807) is 0 Å². The second-order valence-electron chi connectivity index (χ2n) is 5.46. The summed E-state index contributed by atoms with van der Waals surface area (Å²) < 4.78 is 5.87. The van der Waals surface area contributed by atoms with Gasteiger partial charge in [0.2, 0.25) is 0 Å². The van der Waals surface area contributed by atoms with Crippen LogP contribution in [0.15, 0.2) is 12.1 Å². The molecule has 1 aromatic rings. The third-order valence-corrected chi connectivity index (χ3v) is 2.97. The molecule has 19 heavy (non-hydrogen) atoms. The van der Waals surface area contributed by atoms with Gasteiger partial charge in [0.25, 0.3) is 0 Å². The van der Waals surface area contributed by atoms with Crippen molar-refractivity contribution in [2.24, 2.45) is 5.92 Å². The van der Waals surface area contributed by atoms with Gasteiger partial charge in [-0.3, -0.25) is 4.98 Å². The van der Waals surface area contributed by atoms with E-state index in [9.17, 15) is 0 Å². The number of nitrogens with one attached hydrogen (secondary N) is 1. The summed E-state index contributed by atoms with van der Waals surface area (Å²) in [5, 5.41) is 3.39. The first kappa shape index (κ1) is 16.0. The van der Waals surface area contributed by atoms with Crippen molar-refractivity contribution in [1.82, 2.24) is 10.3 Å². The molecule has 0 bridgehead atoms. The fourth-order valence-electron chi connectivity index (χ4n) is 1.91. The Hall–Kier alpha value is -1.09. The zero-order chi connectivity index (χ0) is 14.1. The minimum absolute atomic E-state index is 0.741. The first-order valence-corrected chi connectivity index (χ1v) is 7.43. The Labute approximate surface area is 117 Å². The molecule has 1 heterocycles. The molecule has 0 radical (unpaired) electrons. The summed E-state index contributed by atoms with van der Waals surface area (Å²) in [5.41, 5.74) is 2.07. The van der Waals surface area contributed by atoms with Crippen LogP contribution in [-0.2, 0) is 6.54 Å². The first-order valence-electron chi connectivity index (χ1n) is 7.43. The van der Waals surface area contributed by atoms with E-state index in [0.717, 1.165) is 55.6 Å². The van der Waals surface area contributed by atoms with E-state index in [1.165, 1.54) is 6.42 Å². The molecule has 1 rings (SSSR count). The van der Waals surface area contributed by atoms with Crippen LogP contribution in [0.1, 0.15) is 51.4 Å².